The molecule has 2 aromatic carbocycles. The number of hydrogen-bond acceptors (Lipinski definition) is 3. The van der Waals surface area contributed by atoms with Crippen LogP contribution in [0.3, 0.4) is 0 Å². The van der Waals surface area contributed by atoms with Crippen molar-refractivity contribution in [3.05, 3.63) is 64.7 Å². The molecule has 0 spiro atoms. The van der Waals surface area contributed by atoms with Crippen LogP contribution in [0.2, 0.25) is 5.02 Å². The zero-order chi connectivity index (χ0) is 18.4. The van der Waals surface area contributed by atoms with Gasteiger partial charge in [0.15, 0.2) is 0 Å². The lowest BCUT2D eigenvalue weighted by atomic mass is 10.1. The highest BCUT2D eigenvalue weighted by atomic mass is 35.5. The minimum absolute atomic E-state index is 0.0399. The number of halogens is 1. The van der Waals surface area contributed by atoms with Crippen molar-refractivity contribution >= 4 is 17.6 Å². The standard InChI is InChI=1S/C20H24ClN3O2/c1-26-19-9-5-3-7-17(19)15-23-10-12-24(13-11-23)20(25)22-14-16-6-2-4-8-18(16)21/h2-9H,10-15H2,1H3,(H,22,25). The molecule has 1 aliphatic rings. The summed E-state index contributed by atoms with van der Waals surface area (Å²) in [5, 5.41) is 3.63. The molecule has 6 heteroatoms. The monoisotopic (exact) mass is 373 g/mol. The Morgan fingerprint density at radius 3 is 2.38 bits per heavy atom. The highest BCUT2D eigenvalue weighted by Gasteiger charge is 2.21. The first-order valence-electron chi connectivity index (χ1n) is 8.78. The lowest BCUT2D eigenvalue weighted by molar-refractivity contribution is 0.134. The number of benzene rings is 2. The molecular weight excluding hydrogens is 350 g/mol. The van der Waals surface area contributed by atoms with E-state index in [9.17, 15) is 4.79 Å². The molecule has 1 aliphatic heterocycles. The average molecular weight is 374 g/mol. The topological polar surface area (TPSA) is 44.8 Å². The second-order valence-electron chi connectivity index (χ2n) is 6.33. The molecule has 5 nitrogen and oxygen atoms in total. The second kappa shape index (κ2) is 8.92. The number of carbonyl (C=O) groups is 1. The Morgan fingerprint density at radius 1 is 1.04 bits per heavy atom. The number of piperazine rings is 1. The van der Waals surface area contributed by atoms with Crippen molar-refractivity contribution in [3.8, 4) is 5.75 Å². The lowest BCUT2D eigenvalue weighted by Gasteiger charge is -2.35. The van der Waals surface area contributed by atoms with E-state index >= 15 is 0 Å². The molecule has 0 aliphatic carbocycles. The van der Waals surface area contributed by atoms with Crippen LogP contribution in [-0.2, 0) is 13.1 Å². The van der Waals surface area contributed by atoms with Gasteiger partial charge in [0, 0.05) is 49.9 Å². The van der Waals surface area contributed by atoms with E-state index in [1.807, 2.05) is 47.4 Å². The zero-order valence-corrected chi connectivity index (χ0v) is 15.7. The van der Waals surface area contributed by atoms with Crippen LogP contribution in [0, 0.1) is 0 Å². The molecule has 0 unspecified atom stereocenters. The first-order valence-corrected chi connectivity index (χ1v) is 9.15. The Labute approximate surface area is 159 Å². The van der Waals surface area contributed by atoms with E-state index in [4.69, 9.17) is 16.3 Å². The molecule has 0 saturated carbocycles. The van der Waals surface area contributed by atoms with Gasteiger partial charge in [-0.05, 0) is 17.7 Å². The molecule has 1 heterocycles. The molecule has 0 aromatic heterocycles. The molecule has 26 heavy (non-hydrogen) atoms. The maximum atomic E-state index is 12.4. The van der Waals surface area contributed by atoms with Gasteiger partial charge < -0.3 is 15.0 Å². The summed E-state index contributed by atoms with van der Waals surface area (Å²) in [7, 11) is 1.69. The second-order valence-corrected chi connectivity index (χ2v) is 6.73. The Morgan fingerprint density at radius 2 is 1.69 bits per heavy atom. The fourth-order valence-corrected chi connectivity index (χ4v) is 3.31. The summed E-state index contributed by atoms with van der Waals surface area (Å²) >= 11 is 6.13. The molecule has 2 amide bonds. The maximum absolute atomic E-state index is 12.4. The van der Waals surface area contributed by atoms with Crippen LogP contribution in [0.1, 0.15) is 11.1 Å². The van der Waals surface area contributed by atoms with Gasteiger partial charge in [-0.15, -0.1) is 0 Å². The van der Waals surface area contributed by atoms with E-state index in [2.05, 4.69) is 16.3 Å². The summed E-state index contributed by atoms with van der Waals surface area (Å²) in [5.74, 6) is 0.910. The number of hydrogen-bond donors (Lipinski definition) is 1. The Bertz CT molecular complexity index is 745. The summed E-state index contributed by atoms with van der Waals surface area (Å²) in [6.45, 7) is 4.39. The third-order valence-corrected chi connectivity index (χ3v) is 5.00. The zero-order valence-electron chi connectivity index (χ0n) is 15.0. The molecule has 1 N–H and O–H groups in total. The van der Waals surface area contributed by atoms with E-state index in [1.165, 1.54) is 5.56 Å². The highest BCUT2D eigenvalue weighted by molar-refractivity contribution is 6.31. The predicted molar refractivity (Wildman–Crippen MR) is 104 cm³/mol. The number of para-hydroxylation sites is 1. The van der Waals surface area contributed by atoms with Crippen molar-refractivity contribution in [2.45, 2.75) is 13.1 Å². The van der Waals surface area contributed by atoms with Crippen molar-refractivity contribution in [2.24, 2.45) is 0 Å². The van der Waals surface area contributed by atoms with Crippen molar-refractivity contribution in [1.82, 2.24) is 15.1 Å². The van der Waals surface area contributed by atoms with Gasteiger partial charge in [0.05, 0.1) is 7.11 Å². The normalized spacial score (nSPS) is 14.9. The molecule has 3 rings (SSSR count). The molecule has 2 aromatic rings. The molecule has 0 radical (unpaired) electrons. The number of nitrogens with one attached hydrogen (secondary N) is 1. The Hall–Kier alpha value is -2.24. The molecule has 1 saturated heterocycles. The van der Waals surface area contributed by atoms with Crippen LogP contribution in [0.5, 0.6) is 5.75 Å². The van der Waals surface area contributed by atoms with Gasteiger partial charge in [0.2, 0.25) is 0 Å². The van der Waals surface area contributed by atoms with Crippen LogP contribution in [-0.4, -0.2) is 49.1 Å². The van der Waals surface area contributed by atoms with Crippen molar-refractivity contribution in [3.63, 3.8) is 0 Å². The van der Waals surface area contributed by atoms with Crippen LogP contribution >= 0.6 is 11.6 Å². The Kier molecular flexibility index (Phi) is 6.36. The summed E-state index contributed by atoms with van der Waals surface area (Å²) in [4.78, 5) is 16.6. The van der Waals surface area contributed by atoms with Crippen LogP contribution in [0.4, 0.5) is 4.79 Å². The van der Waals surface area contributed by atoms with E-state index < -0.39 is 0 Å². The highest BCUT2D eigenvalue weighted by Crippen LogP contribution is 2.20. The minimum atomic E-state index is -0.0399. The molecule has 0 bridgehead atoms. The Balaban J connectivity index is 1.47. The quantitative estimate of drug-likeness (QED) is 0.873. The number of amides is 2. The van der Waals surface area contributed by atoms with Gasteiger partial charge >= 0.3 is 6.03 Å². The predicted octanol–water partition coefficient (Wildman–Crippen LogP) is 3.38. The third kappa shape index (κ3) is 4.68. The number of rotatable bonds is 5. The first-order chi connectivity index (χ1) is 12.7. The molecule has 1 fully saturated rings. The first kappa shape index (κ1) is 18.5. The SMILES string of the molecule is COc1ccccc1CN1CCN(C(=O)NCc2ccccc2Cl)CC1. The number of carbonyl (C=O) groups excluding carboxylic acids is 1. The van der Waals surface area contributed by atoms with Gasteiger partial charge in [-0.1, -0.05) is 48.0 Å². The summed E-state index contributed by atoms with van der Waals surface area (Å²) in [6, 6.07) is 15.6. The number of nitrogens with zero attached hydrogens (tertiary/aromatic N) is 2. The van der Waals surface area contributed by atoms with E-state index in [0.29, 0.717) is 24.7 Å². The summed E-state index contributed by atoms with van der Waals surface area (Å²) in [6.07, 6.45) is 0. The fraction of sp³-hybridized carbons (Fsp3) is 0.350. The minimum Gasteiger partial charge on any atom is -0.496 e. The van der Waals surface area contributed by atoms with Gasteiger partial charge in [-0.25, -0.2) is 4.79 Å². The smallest absolute Gasteiger partial charge is 0.317 e. The van der Waals surface area contributed by atoms with Crippen LogP contribution in [0.15, 0.2) is 48.5 Å². The van der Waals surface area contributed by atoms with Gasteiger partial charge in [-0.2, -0.15) is 0 Å². The van der Waals surface area contributed by atoms with Gasteiger partial charge in [0.25, 0.3) is 0 Å². The molecule has 0 atom stereocenters. The summed E-state index contributed by atoms with van der Waals surface area (Å²) in [5.41, 5.74) is 2.10. The maximum Gasteiger partial charge on any atom is 0.317 e. The number of ether oxygens (including phenoxy) is 1. The van der Waals surface area contributed by atoms with Crippen LogP contribution < -0.4 is 10.1 Å². The molecular formula is C20H24ClN3O2. The van der Waals surface area contributed by atoms with Gasteiger partial charge in [-0.3, -0.25) is 4.90 Å². The number of methoxy groups -OCH3 is 1. The molecule has 138 valence electrons. The summed E-state index contributed by atoms with van der Waals surface area (Å²) < 4.78 is 5.42. The largest absolute Gasteiger partial charge is 0.496 e. The fourth-order valence-electron chi connectivity index (χ4n) is 3.11. The van der Waals surface area contributed by atoms with Crippen molar-refractivity contribution in [1.29, 1.82) is 0 Å². The van der Waals surface area contributed by atoms with E-state index in [-0.39, 0.29) is 6.03 Å². The lowest BCUT2D eigenvalue weighted by Crippen LogP contribution is -2.51. The van der Waals surface area contributed by atoms with Crippen molar-refractivity contribution in [2.75, 3.05) is 33.3 Å². The van der Waals surface area contributed by atoms with Gasteiger partial charge in [0.1, 0.15) is 5.75 Å². The van der Waals surface area contributed by atoms with E-state index in [1.54, 1.807) is 7.11 Å². The number of urea groups is 1. The van der Waals surface area contributed by atoms with Crippen molar-refractivity contribution < 1.29 is 9.53 Å². The third-order valence-electron chi connectivity index (χ3n) is 4.63. The average Bonchev–Trinajstić information content (AvgIpc) is 2.68. The van der Waals surface area contributed by atoms with E-state index in [0.717, 1.165) is 30.9 Å². The van der Waals surface area contributed by atoms with Crippen LogP contribution in [0.25, 0.3) is 0 Å².